The van der Waals surface area contributed by atoms with E-state index in [9.17, 15) is 13.2 Å². The number of benzene rings is 1. The number of hydrogen-bond donors (Lipinski definition) is 0. The number of thioether (sulfide) groups is 1. The van der Waals surface area contributed by atoms with Crippen LogP contribution in [0.2, 0.25) is 0 Å². The zero-order valence-corrected chi connectivity index (χ0v) is 11.5. The zero-order chi connectivity index (χ0) is 13.7. The van der Waals surface area contributed by atoms with Crippen molar-refractivity contribution >= 4 is 11.8 Å². The molecule has 1 fully saturated rings. The van der Waals surface area contributed by atoms with E-state index >= 15 is 0 Å². The highest BCUT2D eigenvalue weighted by Crippen LogP contribution is 2.30. The van der Waals surface area contributed by atoms with Crippen molar-refractivity contribution in [3.63, 3.8) is 0 Å². The summed E-state index contributed by atoms with van der Waals surface area (Å²) in [6.07, 6.45) is 3.38. The quantitative estimate of drug-likeness (QED) is 0.761. The third-order valence-corrected chi connectivity index (χ3v) is 4.28. The molecular formula is C15H17F3S. The molecule has 0 aliphatic carbocycles. The molecule has 1 aromatic carbocycles. The van der Waals surface area contributed by atoms with Crippen molar-refractivity contribution < 1.29 is 13.2 Å². The lowest BCUT2D eigenvalue weighted by molar-refractivity contribution is -0.137. The molecule has 2 rings (SSSR count). The molecular weight excluding hydrogens is 269 g/mol. The molecule has 4 heteroatoms. The SMILES string of the molecule is FC(F)(F)c1ccc(CCCC2[C]CSCC2)cc1. The lowest BCUT2D eigenvalue weighted by Crippen LogP contribution is -2.10. The highest BCUT2D eigenvalue weighted by atomic mass is 32.2. The minimum Gasteiger partial charge on any atom is -0.166 e. The topological polar surface area (TPSA) is 0 Å². The Morgan fingerprint density at radius 3 is 2.53 bits per heavy atom. The Hall–Kier alpha value is -0.640. The minimum absolute atomic E-state index is 0.567. The van der Waals surface area contributed by atoms with Gasteiger partial charge in [-0.25, -0.2) is 0 Å². The lowest BCUT2D eigenvalue weighted by Gasteiger charge is -2.20. The van der Waals surface area contributed by atoms with Crippen molar-refractivity contribution in [2.24, 2.45) is 5.92 Å². The molecule has 104 valence electrons. The third kappa shape index (κ3) is 4.75. The van der Waals surface area contributed by atoms with Gasteiger partial charge in [0, 0.05) is 5.75 Å². The number of alkyl halides is 3. The molecule has 0 aromatic heterocycles. The van der Waals surface area contributed by atoms with Crippen LogP contribution in [0.4, 0.5) is 13.2 Å². The van der Waals surface area contributed by atoms with Crippen LogP contribution in [0.3, 0.4) is 0 Å². The standard InChI is InChI=1S/C15H17F3S/c16-15(17,18)14-6-4-12(5-7-14)2-1-3-13-8-10-19-11-9-13/h4-7,13H,1-3,8,10-11H2. The summed E-state index contributed by atoms with van der Waals surface area (Å²) in [7, 11) is 0. The van der Waals surface area contributed by atoms with E-state index in [0.717, 1.165) is 30.6 Å². The number of hydrogen-bond acceptors (Lipinski definition) is 1. The summed E-state index contributed by atoms with van der Waals surface area (Å²) in [5.74, 6) is 2.80. The molecule has 2 radical (unpaired) electrons. The Balaban J connectivity index is 1.76. The van der Waals surface area contributed by atoms with Gasteiger partial charge in [-0.15, -0.1) is 0 Å². The summed E-state index contributed by atoms with van der Waals surface area (Å²) in [4.78, 5) is 0. The minimum atomic E-state index is -4.23. The lowest BCUT2D eigenvalue weighted by atomic mass is 9.94. The van der Waals surface area contributed by atoms with Crippen LogP contribution in [-0.2, 0) is 12.6 Å². The van der Waals surface area contributed by atoms with E-state index in [1.807, 2.05) is 11.8 Å². The summed E-state index contributed by atoms with van der Waals surface area (Å²) < 4.78 is 37.2. The highest BCUT2D eigenvalue weighted by molar-refractivity contribution is 7.99. The molecule has 0 saturated carbocycles. The van der Waals surface area contributed by atoms with Gasteiger partial charge in [-0.2, -0.15) is 24.9 Å². The molecule has 0 spiro atoms. The van der Waals surface area contributed by atoms with Crippen LogP contribution in [0.15, 0.2) is 24.3 Å². The fourth-order valence-electron chi connectivity index (χ4n) is 2.24. The number of rotatable bonds is 4. The summed E-state index contributed by atoms with van der Waals surface area (Å²) in [5, 5.41) is 0. The Kier molecular flexibility index (Phi) is 5.20. The number of aryl methyl sites for hydroxylation is 1. The molecule has 1 atom stereocenters. The fraction of sp³-hybridized carbons (Fsp3) is 0.533. The van der Waals surface area contributed by atoms with Gasteiger partial charge in [0.2, 0.25) is 0 Å². The summed E-state index contributed by atoms with van der Waals surface area (Å²) in [5.41, 5.74) is 0.417. The first-order chi connectivity index (χ1) is 9.05. The van der Waals surface area contributed by atoms with Gasteiger partial charge < -0.3 is 0 Å². The van der Waals surface area contributed by atoms with Gasteiger partial charge >= 0.3 is 6.18 Å². The van der Waals surface area contributed by atoms with E-state index in [-0.39, 0.29) is 0 Å². The molecule has 19 heavy (non-hydrogen) atoms. The Labute approximate surface area is 116 Å². The monoisotopic (exact) mass is 286 g/mol. The van der Waals surface area contributed by atoms with Gasteiger partial charge in [-0.1, -0.05) is 12.1 Å². The van der Waals surface area contributed by atoms with E-state index in [1.54, 1.807) is 12.1 Å². The van der Waals surface area contributed by atoms with Crippen LogP contribution in [0, 0.1) is 12.3 Å². The largest absolute Gasteiger partial charge is 0.416 e. The van der Waals surface area contributed by atoms with Crippen LogP contribution in [0.25, 0.3) is 0 Å². The van der Waals surface area contributed by atoms with Crippen molar-refractivity contribution in [2.75, 3.05) is 11.5 Å². The maximum atomic E-state index is 12.4. The Morgan fingerprint density at radius 1 is 1.21 bits per heavy atom. The van der Waals surface area contributed by atoms with E-state index in [2.05, 4.69) is 6.42 Å². The van der Waals surface area contributed by atoms with E-state index in [4.69, 9.17) is 0 Å². The average Bonchev–Trinajstić information content (AvgIpc) is 2.39. The van der Waals surface area contributed by atoms with Gasteiger partial charge in [0.1, 0.15) is 0 Å². The van der Waals surface area contributed by atoms with E-state index < -0.39 is 11.7 Å². The van der Waals surface area contributed by atoms with E-state index in [1.165, 1.54) is 24.3 Å². The molecule has 1 aromatic rings. The second-order valence-electron chi connectivity index (χ2n) is 4.83. The first-order valence-corrected chi connectivity index (χ1v) is 7.68. The molecule has 0 N–H and O–H groups in total. The first-order valence-electron chi connectivity index (χ1n) is 6.53. The molecule has 0 amide bonds. The van der Waals surface area contributed by atoms with Crippen LogP contribution in [0.5, 0.6) is 0 Å². The van der Waals surface area contributed by atoms with Crippen molar-refractivity contribution in [3.05, 3.63) is 41.8 Å². The van der Waals surface area contributed by atoms with Crippen molar-refractivity contribution in [2.45, 2.75) is 31.9 Å². The third-order valence-electron chi connectivity index (χ3n) is 3.38. The summed E-state index contributed by atoms with van der Waals surface area (Å²) in [6, 6.07) is 5.52. The summed E-state index contributed by atoms with van der Waals surface area (Å²) in [6.45, 7) is 0. The second kappa shape index (κ2) is 6.69. The normalized spacial score (nSPS) is 17.6. The maximum Gasteiger partial charge on any atom is 0.416 e. The Bertz CT molecular complexity index is 377. The molecule has 0 nitrogen and oxygen atoms in total. The van der Waals surface area contributed by atoms with Gasteiger partial charge in [0.15, 0.2) is 0 Å². The molecule has 1 saturated heterocycles. The van der Waals surface area contributed by atoms with Crippen LogP contribution in [-0.4, -0.2) is 11.5 Å². The molecule has 0 bridgehead atoms. The van der Waals surface area contributed by atoms with E-state index in [0.29, 0.717) is 5.92 Å². The summed E-state index contributed by atoms with van der Waals surface area (Å²) >= 11 is 1.91. The highest BCUT2D eigenvalue weighted by Gasteiger charge is 2.29. The van der Waals surface area contributed by atoms with Crippen molar-refractivity contribution in [1.29, 1.82) is 0 Å². The molecule has 1 unspecified atom stereocenters. The van der Waals surface area contributed by atoms with Crippen LogP contribution < -0.4 is 0 Å². The fourth-order valence-corrected chi connectivity index (χ4v) is 3.19. The maximum absolute atomic E-state index is 12.4. The average molecular weight is 286 g/mol. The van der Waals surface area contributed by atoms with Gasteiger partial charge in [0.25, 0.3) is 0 Å². The van der Waals surface area contributed by atoms with Gasteiger partial charge in [0.05, 0.1) is 5.56 Å². The molecule has 1 aliphatic rings. The number of halogens is 3. The molecule has 1 heterocycles. The first kappa shape index (κ1) is 14.8. The Morgan fingerprint density at radius 2 is 1.95 bits per heavy atom. The van der Waals surface area contributed by atoms with Crippen LogP contribution in [0.1, 0.15) is 30.4 Å². The predicted molar refractivity (Wildman–Crippen MR) is 73.1 cm³/mol. The van der Waals surface area contributed by atoms with Gasteiger partial charge in [-0.05, 0) is 61.5 Å². The molecule has 1 aliphatic heterocycles. The zero-order valence-electron chi connectivity index (χ0n) is 10.7. The van der Waals surface area contributed by atoms with Crippen molar-refractivity contribution in [3.8, 4) is 0 Å². The van der Waals surface area contributed by atoms with Crippen LogP contribution >= 0.6 is 11.8 Å². The van der Waals surface area contributed by atoms with Gasteiger partial charge in [-0.3, -0.25) is 0 Å². The second-order valence-corrected chi connectivity index (χ2v) is 5.93. The predicted octanol–water partition coefficient (Wildman–Crippen LogP) is 4.86. The smallest absolute Gasteiger partial charge is 0.166 e. The van der Waals surface area contributed by atoms with Crippen molar-refractivity contribution in [1.82, 2.24) is 0 Å².